The molecule has 4 rings (SSSR count). The highest BCUT2D eigenvalue weighted by atomic mass is 16.5. The second kappa shape index (κ2) is 8.76. The Hall–Kier alpha value is -2.36. The minimum absolute atomic E-state index is 0.292. The molecule has 1 aromatic carbocycles. The van der Waals surface area contributed by atoms with Crippen molar-refractivity contribution in [3.8, 4) is 5.75 Å². The van der Waals surface area contributed by atoms with Gasteiger partial charge in [0.15, 0.2) is 0 Å². The topological polar surface area (TPSA) is 42.4 Å². The minimum Gasteiger partial charge on any atom is -0.497 e. The van der Waals surface area contributed by atoms with Crippen LogP contribution in [0.1, 0.15) is 61.4 Å². The molecule has 0 spiro atoms. The van der Waals surface area contributed by atoms with Gasteiger partial charge in [-0.25, -0.2) is 0 Å². The predicted molar refractivity (Wildman–Crippen MR) is 111 cm³/mol. The first-order valence-electron chi connectivity index (χ1n) is 10.6. The molecule has 0 atom stereocenters. The number of nitrogens with zero attached hydrogens (tertiary/aromatic N) is 2. The molecule has 2 heterocycles. The highest BCUT2D eigenvalue weighted by Gasteiger charge is 2.30. The molecule has 1 aromatic heterocycles. The fourth-order valence-electron chi connectivity index (χ4n) is 4.64. The van der Waals surface area contributed by atoms with Crippen LogP contribution in [0.4, 0.5) is 0 Å². The van der Waals surface area contributed by atoms with E-state index in [4.69, 9.17) is 9.72 Å². The Kier molecular flexibility index (Phi) is 5.94. The third kappa shape index (κ3) is 4.37. The lowest BCUT2D eigenvalue weighted by Crippen LogP contribution is -2.40. The van der Waals surface area contributed by atoms with Crippen molar-refractivity contribution >= 4 is 5.91 Å². The number of ether oxygens (including phenoxy) is 1. The molecule has 1 aliphatic carbocycles. The van der Waals surface area contributed by atoms with Crippen LogP contribution in [0.25, 0.3) is 0 Å². The summed E-state index contributed by atoms with van der Waals surface area (Å²) in [4.78, 5) is 19.7. The summed E-state index contributed by atoms with van der Waals surface area (Å²) in [6, 6.07) is 14.5. The van der Waals surface area contributed by atoms with Gasteiger partial charge in [0.25, 0.3) is 0 Å². The molecule has 28 heavy (non-hydrogen) atoms. The van der Waals surface area contributed by atoms with Gasteiger partial charge < -0.3 is 9.64 Å². The number of benzene rings is 1. The van der Waals surface area contributed by atoms with Gasteiger partial charge in [-0.1, -0.05) is 31.0 Å². The van der Waals surface area contributed by atoms with Gasteiger partial charge in [0, 0.05) is 42.7 Å². The molecule has 0 bridgehead atoms. The van der Waals surface area contributed by atoms with E-state index < -0.39 is 0 Å². The summed E-state index contributed by atoms with van der Waals surface area (Å²) in [5.74, 6) is 2.03. The van der Waals surface area contributed by atoms with Gasteiger partial charge in [-0.3, -0.25) is 9.78 Å². The first-order chi connectivity index (χ1) is 13.7. The SMILES string of the molecule is COc1cccc(Cc2cccc(C3CCN(C(=O)C4CCCC4)CC3)n2)c1. The number of methoxy groups -OCH3 is 1. The maximum Gasteiger partial charge on any atom is 0.225 e. The van der Waals surface area contributed by atoms with E-state index in [0.717, 1.165) is 56.6 Å². The maximum absolute atomic E-state index is 12.7. The van der Waals surface area contributed by atoms with Gasteiger partial charge >= 0.3 is 0 Å². The molecule has 2 aromatic rings. The van der Waals surface area contributed by atoms with Crippen molar-refractivity contribution in [3.05, 3.63) is 59.4 Å². The van der Waals surface area contributed by atoms with Gasteiger partial charge in [0.05, 0.1) is 7.11 Å². The normalized spacial score (nSPS) is 18.4. The summed E-state index contributed by atoms with van der Waals surface area (Å²) >= 11 is 0. The zero-order valence-electron chi connectivity index (χ0n) is 16.8. The zero-order chi connectivity index (χ0) is 19.3. The third-order valence-electron chi connectivity index (χ3n) is 6.28. The smallest absolute Gasteiger partial charge is 0.225 e. The van der Waals surface area contributed by atoms with Crippen LogP contribution in [-0.2, 0) is 11.2 Å². The lowest BCUT2D eigenvalue weighted by molar-refractivity contribution is -0.136. The molecular weight excluding hydrogens is 348 g/mol. The van der Waals surface area contributed by atoms with Gasteiger partial charge in [0.2, 0.25) is 5.91 Å². The lowest BCUT2D eigenvalue weighted by atomic mass is 9.91. The second-order valence-electron chi connectivity index (χ2n) is 8.16. The highest BCUT2D eigenvalue weighted by Crippen LogP contribution is 2.31. The summed E-state index contributed by atoms with van der Waals surface area (Å²) in [5.41, 5.74) is 3.48. The van der Waals surface area contributed by atoms with Crippen LogP contribution in [0.3, 0.4) is 0 Å². The van der Waals surface area contributed by atoms with Crippen molar-refractivity contribution in [1.82, 2.24) is 9.88 Å². The minimum atomic E-state index is 0.292. The van der Waals surface area contributed by atoms with E-state index in [1.807, 2.05) is 12.1 Å². The largest absolute Gasteiger partial charge is 0.497 e. The fourth-order valence-corrected chi connectivity index (χ4v) is 4.64. The van der Waals surface area contributed by atoms with Crippen molar-refractivity contribution in [3.63, 3.8) is 0 Å². The molecule has 2 aliphatic rings. The maximum atomic E-state index is 12.7. The van der Waals surface area contributed by atoms with Crippen molar-refractivity contribution in [2.75, 3.05) is 20.2 Å². The van der Waals surface area contributed by atoms with Gasteiger partial charge in [-0.05, 0) is 55.5 Å². The molecule has 148 valence electrons. The monoisotopic (exact) mass is 378 g/mol. The summed E-state index contributed by atoms with van der Waals surface area (Å²) in [6.45, 7) is 1.75. The summed E-state index contributed by atoms with van der Waals surface area (Å²) in [7, 11) is 1.70. The Morgan fingerprint density at radius 2 is 1.82 bits per heavy atom. The molecule has 2 fully saturated rings. The molecule has 1 amide bonds. The number of carbonyl (C=O) groups is 1. The molecule has 4 nitrogen and oxygen atoms in total. The number of pyridine rings is 1. The van der Waals surface area contributed by atoms with E-state index in [-0.39, 0.29) is 0 Å². The van der Waals surface area contributed by atoms with Crippen LogP contribution in [0.5, 0.6) is 5.75 Å². The Morgan fingerprint density at radius 3 is 2.57 bits per heavy atom. The van der Waals surface area contributed by atoms with E-state index in [9.17, 15) is 4.79 Å². The highest BCUT2D eigenvalue weighted by molar-refractivity contribution is 5.79. The van der Waals surface area contributed by atoms with E-state index in [1.165, 1.54) is 24.1 Å². The molecule has 0 unspecified atom stereocenters. The van der Waals surface area contributed by atoms with Crippen LogP contribution in [0.2, 0.25) is 0 Å². The third-order valence-corrected chi connectivity index (χ3v) is 6.28. The number of likely N-dealkylation sites (tertiary alicyclic amines) is 1. The van der Waals surface area contributed by atoms with Crippen LogP contribution < -0.4 is 4.74 Å². The zero-order valence-corrected chi connectivity index (χ0v) is 16.8. The van der Waals surface area contributed by atoms with Gasteiger partial charge in [-0.2, -0.15) is 0 Å². The first-order valence-corrected chi connectivity index (χ1v) is 10.6. The van der Waals surface area contributed by atoms with Crippen molar-refractivity contribution in [2.45, 2.75) is 50.9 Å². The van der Waals surface area contributed by atoms with E-state index >= 15 is 0 Å². The Labute approximate surface area is 167 Å². The van der Waals surface area contributed by atoms with Crippen molar-refractivity contribution < 1.29 is 9.53 Å². The van der Waals surface area contributed by atoms with E-state index in [1.54, 1.807) is 7.11 Å². The number of hydrogen-bond donors (Lipinski definition) is 0. The first kappa shape index (κ1) is 19.0. The number of aromatic nitrogens is 1. The average Bonchev–Trinajstić information content (AvgIpc) is 3.29. The average molecular weight is 379 g/mol. The Morgan fingerprint density at radius 1 is 1.07 bits per heavy atom. The molecule has 1 saturated heterocycles. The molecule has 1 saturated carbocycles. The molecule has 0 N–H and O–H groups in total. The summed E-state index contributed by atoms with van der Waals surface area (Å²) in [5, 5.41) is 0. The Balaban J connectivity index is 1.37. The summed E-state index contributed by atoms with van der Waals surface area (Å²) in [6.07, 6.45) is 7.47. The lowest BCUT2D eigenvalue weighted by Gasteiger charge is -2.33. The van der Waals surface area contributed by atoms with Crippen LogP contribution in [0.15, 0.2) is 42.5 Å². The number of hydrogen-bond acceptors (Lipinski definition) is 3. The summed E-state index contributed by atoms with van der Waals surface area (Å²) < 4.78 is 5.33. The second-order valence-corrected chi connectivity index (χ2v) is 8.16. The van der Waals surface area contributed by atoms with E-state index in [2.05, 4.69) is 35.2 Å². The number of piperidine rings is 1. The molecular formula is C24H30N2O2. The molecule has 1 aliphatic heterocycles. The van der Waals surface area contributed by atoms with Crippen LogP contribution in [0, 0.1) is 5.92 Å². The fraction of sp³-hybridized carbons (Fsp3) is 0.500. The standard InChI is InChI=1S/C24H30N2O2/c1-28-22-10-4-6-18(17-22)16-21-9-5-11-23(25-21)19-12-14-26(15-13-19)24(27)20-7-2-3-8-20/h4-6,9-11,17,19-20H,2-3,7-8,12-16H2,1H3. The van der Waals surface area contributed by atoms with Crippen molar-refractivity contribution in [1.29, 1.82) is 0 Å². The number of rotatable bonds is 5. The Bertz CT molecular complexity index is 806. The van der Waals surface area contributed by atoms with Crippen LogP contribution >= 0.6 is 0 Å². The van der Waals surface area contributed by atoms with Crippen molar-refractivity contribution in [2.24, 2.45) is 5.92 Å². The quantitative estimate of drug-likeness (QED) is 0.765. The predicted octanol–water partition coefficient (Wildman–Crippen LogP) is 4.58. The van der Waals surface area contributed by atoms with Crippen LogP contribution in [-0.4, -0.2) is 36.0 Å². The molecule has 0 radical (unpaired) electrons. The van der Waals surface area contributed by atoms with Gasteiger partial charge in [-0.15, -0.1) is 0 Å². The van der Waals surface area contributed by atoms with E-state index in [0.29, 0.717) is 17.7 Å². The van der Waals surface area contributed by atoms with Gasteiger partial charge in [0.1, 0.15) is 5.75 Å². The number of amides is 1. The number of carbonyl (C=O) groups excluding carboxylic acids is 1. The molecule has 4 heteroatoms.